The molecule has 1 N–H and O–H groups in total. The molecule has 0 radical (unpaired) electrons. The van der Waals surface area contributed by atoms with Crippen LogP contribution in [0.15, 0.2) is 6.20 Å². The molecule has 1 fully saturated rings. The fraction of sp³-hybridized carbons (Fsp3) is 0.846. The van der Waals surface area contributed by atoms with E-state index in [1.54, 1.807) is 13.8 Å². The summed E-state index contributed by atoms with van der Waals surface area (Å²) in [4.78, 5) is 0. The summed E-state index contributed by atoms with van der Waals surface area (Å²) in [6, 6.07) is 0.449. The maximum atomic E-state index is 9.88. The summed E-state index contributed by atoms with van der Waals surface area (Å²) in [5.74, 6) is 1.55. The van der Waals surface area contributed by atoms with E-state index in [0.29, 0.717) is 11.7 Å². The Hall–Kier alpha value is -0.900. The van der Waals surface area contributed by atoms with Crippen molar-refractivity contribution in [3.63, 3.8) is 0 Å². The van der Waals surface area contributed by atoms with Crippen LogP contribution in [0.3, 0.4) is 0 Å². The van der Waals surface area contributed by atoms with E-state index in [2.05, 4.69) is 24.2 Å². The quantitative estimate of drug-likeness (QED) is 0.859. The second-order valence-electron chi connectivity index (χ2n) is 6.06. The van der Waals surface area contributed by atoms with Crippen molar-refractivity contribution in [1.29, 1.82) is 0 Å². The number of nitrogens with zero attached hydrogens (tertiary/aromatic N) is 3. The molecule has 0 aromatic carbocycles. The normalized spacial score (nSPS) is 30.5. The van der Waals surface area contributed by atoms with Gasteiger partial charge in [0, 0.05) is 0 Å². The number of hydrogen-bond donors (Lipinski definition) is 1. The van der Waals surface area contributed by atoms with Gasteiger partial charge in [0.2, 0.25) is 0 Å². The van der Waals surface area contributed by atoms with Crippen molar-refractivity contribution < 1.29 is 5.11 Å². The summed E-state index contributed by atoms with van der Waals surface area (Å²) in [5, 5.41) is 18.1. The molecule has 0 amide bonds. The minimum atomic E-state index is -0.897. The fourth-order valence-corrected chi connectivity index (χ4v) is 2.49. The standard InChI is InChI=1S/C13H23N3O/c1-9-5-6-11(7-10(9)2)16-8-12(14-15-16)13(3,4)17/h8-11,17H,5-7H2,1-4H3. The first-order valence-electron chi connectivity index (χ1n) is 6.52. The second-order valence-corrected chi connectivity index (χ2v) is 6.06. The SMILES string of the molecule is CC1CCC(n2cc(C(C)(C)O)nn2)CC1C. The molecule has 0 bridgehead atoms. The lowest BCUT2D eigenvalue weighted by Gasteiger charge is -2.31. The van der Waals surface area contributed by atoms with Crippen LogP contribution in [-0.4, -0.2) is 20.1 Å². The molecule has 4 heteroatoms. The minimum Gasteiger partial charge on any atom is -0.384 e. The van der Waals surface area contributed by atoms with Crippen molar-refractivity contribution in [2.75, 3.05) is 0 Å². The topological polar surface area (TPSA) is 50.9 Å². The summed E-state index contributed by atoms with van der Waals surface area (Å²) >= 11 is 0. The Morgan fingerprint density at radius 3 is 2.53 bits per heavy atom. The fourth-order valence-electron chi connectivity index (χ4n) is 2.49. The van der Waals surface area contributed by atoms with Crippen LogP contribution in [0.1, 0.15) is 58.7 Å². The van der Waals surface area contributed by atoms with Crippen LogP contribution in [-0.2, 0) is 5.60 Å². The molecule has 3 unspecified atom stereocenters. The molecule has 0 saturated heterocycles. The Balaban J connectivity index is 2.11. The summed E-state index contributed by atoms with van der Waals surface area (Å²) in [6.07, 6.45) is 5.48. The van der Waals surface area contributed by atoms with Crippen LogP contribution in [0, 0.1) is 11.8 Å². The highest BCUT2D eigenvalue weighted by atomic mass is 16.3. The summed E-state index contributed by atoms with van der Waals surface area (Å²) in [5.41, 5.74) is -0.241. The number of hydrogen-bond acceptors (Lipinski definition) is 3. The van der Waals surface area contributed by atoms with Crippen molar-refractivity contribution >= 4 is 0 Å². The van der Waals surface area contributed by atoms with Crippen molar-refractivity contribution in [3.8, 4) is 0 Å². The third-order valence-electron chi connectivity index (χ3n) is 4.08. The van der Waals surface area contributed by atoms with Crippen LogP contribution >= 0.6 is 0 Å². The summed E-state index contributed by atoms with van der Waals surface area (Å²) in [6.45, 7) is 8.12. The maximum absolute atomic E-state index is 9.88. The van der Waals surface area contributed by atoms with Gasteiger partial charge in [0.25, 0.3) is 0 Å². The van der Waals surface area contributed by atoms with Crippen molar-refractivity contribution in [3.05, 3.63) is 11.9 Å². The van der Waals surface area contributed by atoms with Gasteiger partial charge in [0.1, 0.15) is 11.3 Å². The molecular formula is C13H23N3O. The molecule has 1 aromatic heterocycles. The molecule has 1 saturated carbocycles. The average molecular weight is 237 g/mol. The van der Waals surface area contributed by atoms with E-state index in [0.717, 1.165) is 18.3 Å². The third-order valence-corrected chi connectivity index (χ3v) is 4.08. The molecule has 0 spiro atoms. The molecule has 2 rings (SSSR count). The summed E-state index contributed by atoms with van der Waals surface area (Å²) in [7, 11) is 0. The lowest BCUT2D eigenvalue weighted by molar-refractivity contribution is 0.0736. The zero-order valence-corrected chi connectivity index (χ0v) is 11.2. The first kappa shape index (κ1) is 12.6. The van der Waals surface area contributed by atoms with Crippen LogP contribution in [0.25, 0.3) is 0 Å². The van der Waals surface area contributed by atoms with Gasteiger partial charge in [-0.3, -0.25) is 0 Å². The van der Waals surface area contributed by atoms with Gasteiger partial charge in [0.05, 0.1) is 12.2 Å². The van der Waals surface area contributed by atoms with E-state index in [9.17, 15) is 5.11 Å². The molecule has 17 heavy (non-hydrogen) atoms. The zero-order chi connectivity index (χ0) is 12.6. The van der Waals surface area contributed by atoms with Crippen LogP contribution in [0.2, 0.25) is 0 Å². The predicted octanol–water partition coefficient (Wildman–Crippen LogP) is 2.50. The molecule has 3 atom stereocenters. The molecular weight excluding hydrogens is 214 g/mol. The first-order chi connectivity index (χ1) is 7.88. The lowest BCUT2D eigenvalue weighted by Crippen LogP contribution is -2.23. The van der Waals surface area contributed by atoms with Gasteiger partial charge in [-0.1, -0.05) is 19.1 Å². The van der Waals surface area contributed by atoms with E-state index in [1.807, 2.05) is 10.9 Å². The third kappa shape index (κ3) is 2.68. The molecule has 0 aliphatic heterocycles. The Kier molecular flexibility index (Phi) is 3.25. The number of rotatable bonds is 2. The molecule has 1 heterocycles. The second kappa shape index (κ2) is 4.41. The number of aromatic nitrogens is 3. The largest absolute Gasteiger partial charge is 0.384 e. The highest BCUT2D eigenvalue weighted by Crippen LogP contribution is 2.35. The Bertz CT molecular complexity index is 380. The molecule has 1 aliphatic carbocycles. The highest BCUT2D eigenvalue weighted by molar-refractivity contribution is 5.03. The van der Waals surface area contributed by atoms with E-state index in [1.165, 1.54) is 12.8 Å². The van der Waals surface area contributed by atoms with E-state index in [-0.39, 0.29) is 0 Å². The van der Waals surface area contributed by atoms with Crippen LogP contribution in [0.5, 0.6) is 0 Å². The van der Waals surface area contributed by atoms with Crippen molar-refractivity contribution in [1.82, 2.24) is 15.0 Å². The number of aliphatic hydroxyl groups is 1. The van der Waals surface area contributed by atoms with E-state index >= 15 is 0 Å². The Labute approximate surface area is 103 Å². The predicted molar refractivity (Wildman–Crippen MR) is 66.5 cm³/mol. The molecule has 4 nitrogen and oxygen atoms in total. The van der Waals surface area contributed by atoms with Crippen LogP contribution < -0.4 is 0 Å². The molecule has 1 aliphatic rings. The van der Waals surface area contributed by atoms with Crippen molar-refractivity contribution in [2.24, 2.45) is 11.8 Å². The van der Waals surface area contributed by atoms with Gasteiger partial charge in [-0.2, -0.15) is 0 Å². The Morgan fingerprint density at radius 2 is 2.00 bits per heavy atom. The van der Waals surface area contributed by atoms with E-state index in [4.69, 9.17) is 0 Å². The molecule has 96 valence electrons. The monoisotopic (exact) mass is 237 g/mol. The first-order valence-corrected chi connectivity index (χ1v) is 6.52. The van der Waals surface area contributed by atoms with Gasteiger partial charge < -0.3 is 5.11 Å². The van der Waals surface area contributed by atoms with Gasteiger partial charge in [-0.25, -0.2) is 4.68 Å². The highest BCUT2D eigenvalue weighted by Gasteiger charge is 2.28. The van der Waals surface area contributed by atoms with Gasteiger partial charge in [-0.05, 0) is 44.9 Å². The lowest BCUT2D eigenvalue weighted by atomic mass is 9.79. The van der Waals surface area contributed by atoms with Gasteiger partial charge in [-0.15, -0.1) is 5.10 Å². The summed E-state index contributed by atoms with van der Waals surface area (Å²) < 4.78 is 1.94. The average Bonchev–Trinajstić information content (AvgIpc) is 2.70. The Morgan fingerprint density at radius 1 is 1.29 bits per heavy atom. The van der Waals surface area contributed by atoms with E-state index < -0.39 is 5.60 Å². The minimum absolute atomic E-state index is 0.449. The van der Waals surface area contributed by atoms with Crippen molar-refractivity contribution in [2.45, 2.75) is 58.6 Å². The smallest absolute Gasteiger partial charge is 0.114 e. The zero-order valence-electron chi connectivity index (χ0n) is 11.2. The van der Waals surface area contributed by atoms with Crippen LogP contribution in [0.4, 0.5) is 0 Å². The van der Waals surface area contributed by atoms with Gasteiger partial charge in [0.15, 0.2) is 0 Å². The maximum Gasteiger partial charge on any atom is 0.114 e. The van der Waals surface area contributed by atoms with Gasteiger partial charge >= 0.3 is 0 Å². The molecule has 1 aromatic rings.